The molecule has 1 N–H and O–H groups in total. The number of para-hydroxylation sites is 2. The van der Waals surface area contributed by atoms with Gasteiger partial charge in [-0.1, -0.05) is 12.1 Å². The van der Waals surface area contributed by atoms with Crippen LogP contribution in [0.2, 0.25) is 0 Å². The standard InChI is InChI=1S/C11H12N4O/c1-7-12-10-13-8-5-3-4-6-9(8)15(10)11(16)14(7)2/h3-7H,1-2H3,(H,12,13). The second-order valence-corrected chi connectivity index (χ2v) is 3.97. The molecule has 0 fully saturated rings. The predicted molar refractivity (Wildman–Crippen MR) is 61.4 cm³/mol. The number of carbonyl (C=O) groups excluding carboxylic acids is 1. The van der Waals surface area contributed by atoms with E-state index in [9.17, 15) is 4.79 Å². The molecule has 0 radical (unpaired) electrons. The maximum Gasteiger partial charge on any atom is 0.332 e. The number of carbonyl (C=O) groups is 1. The zero-order valence-electron chi connectivity index (χ0n) is 9.14. The number of rotatable bonds is 0. The SMILES string of the molecule is CC1Nc2nc3ccccc3n2C(=O)N1C. The number of nitrogens with zero attached hydrogens (tertiary/aromatic N) is 3. The molecule has 1 aromatic carbocycles. The number of hydrogen-bond acceptors (Lipinski definition) is 3. The van der Waals surface area contributed by atoms with Gasteiger partial charge in [0.05, 0.1) is 11.0 Å². The van der Waals surface area contributed by atoms with Crippen molar-refractivity contribution in [2.75, 3.05) is 12.4 Å². The van der Waals surface area contributed by atoms with Crippen molar-refractivity contribution in [3.05, 3.63) is 24.3 Å². The lowest BCUT2D eigenvalue weighted by Gasteiger charge is -2.31. The number of hydrogen-bond donors (Lipinski definition) is 1. The van der Waals surface area contributed by atoms with E-state index in [0.29, 0.717) is 5.95 Å². The van der Waals surface area contributed by atoms with Gasteiger partial charge in [-0.3, -0.25) is 0 Å². The van der Waals surface area contributed by atoms with Crippen LogP contribution < -0.4 is 5.32 Å². The molecule has 2 heterocycles. The second-order valence-electron chi connectivity index (χ2n) is 3.97. The van der Waals surface area contributed by atoms with Crippen molar-refractivity contribution >= 4 is 23.0 Å². The molecule has 0 bridgehead atoms. The molecule has 1 atom stereocenters. The highest BCUT2D eigenvalue weighted by atomic mass is 16.2. The van der Waals surface area contributed by atoms with Crippen molar-refractivity contribution in [3.63, 3.8) is 0 Å². The molecule has 3 rings (SSSR count). The van der Waals surface area contributed by atoms with Gasteiger partial charge in [0.25, 0.3) is 0 Å². The molecular formula is C11H12N4O. The summed E-state index contributed by atoms with van der Waals surface area (Å²) in [5, 5.41) is 3.19. The van der Waals surface area contributed by atoms with Crippen LogP contribution in [-0.4, -0.2) is 33.7 Å². The van der Waals surface area contributed by atoms with Crippen LogP contribution in [0.1, 0.15) is 6.92 Å². The normalized spacial score (nSPS) is 19.8. The van der Waals surface area contributed by atoms with Crippen molar-refractivity contribution in [3.8, 4) is 0 Å². The number of fused-ring (bicyclic) bond motifs is 3. The van der Waals surface area contributed by atoms with Crippen LogP contribution in [0.4, 0.5) is 10.7 Å². The average molecular weight is 216 g/mol. The van der Waals surface area contributed by atoms with Crippen molar-refractivity contribution in [1.82, 2.24) is 14.5 Å². The van der Waals surface area contributed by atoms with Crippen LogP contribution in [0.5, 0.6) is 0 Å². The van der Waals surface area contributed by atoms with E-state index in [0.717, 1.165) is 11.0 Å². The summed E-state index contributed by atoms with van der Waals surface area (Å²) in [7, 11) is 1.78. The van der Waals surface area contributed by atoms with Crippen LogP contribution in [0.25, 0.3) is 11.0 Å². The zero-order chi connectivity index (χ0) is 11.3. The largest absolute Gasteiger partial charge is 0.335 e. The van der Waals surface area contributed by atoms with E-state index >= 15 is 0 Å². The second kappa shape index (κ2) is 2.98. The molecule has 1 aromatic heterocycles. The van der Waals surface area contributed by atoms with Gasteiger partial charge < -0.3 is 10.2 Å². The highest BCUT2D eigenvalue weighted by molar-refractivity contribution is 5.94. The maximum absolute atomic E-state index is 12.1. The summed E-state index contributed by atoms with van der Waals surface area (Å²) in [6.07, 6.45) is -0.0307. The number of amides is 1. The molecule has 5 heteroatoms. The number of aromatic nitrogens is 2. The summed E-state index contributed by atoms with van der Waals surface area (Å²) in [5.41, 5.74) is 1.68. The van der Waals surface area contributed by atoms with Crippen molar-refractivity contribution in [2.45, 2.75) is 13.1 Å². The lowest BCUT2D eigenvalue weighted by atomic mass is 10.3. The molecule has 0 spiro atoms. The molecule has 1 aliphatic rings. The minimum atomic E-state index is -0.0463. The smallest absolute Gasteiger partial charge is 0.332 e. The molecule has 1 amide bonds. The highest BCUT2D eigenvalue weighted by Crippen LogP contribution is 2.24. The average Bonchev–Trinajstić information content (AvgIpc) is 2.64. The first-order chi connectivity index (χ1) is 7.68. The minimum Gasteiger partial charge on any atom is -0.335 e. The Labute approximate surface area is 92.7 Å². The third-order valence-corrected chi connectivity index (χ3v) is 2.97. The predicted octanol–water partition coefficient (Wildman–Crippen LogP) is 1.71. The van der Waals surface area contributed by atoms with E-state index in [-0.39, 0.29) is 12.2 Å². The van der Waals surface area contributed by atoms with E-state index in [1.165, 1.54) is 0 Å². The van der Waals surface area contributed by atoms with E-state index in [2.05, 4.69) is 10.3 Å². The van der Waals surface area contributed by atoms with Gasteiger partial charge in [0.15, 0.2) is 0 Å². The van der Waals surface area contributed by atoms with Gasteiger partial charge in [0.1, 0.15) is 6.17 Å². The van der Waals surface area contributed by atoms with Crippen LogP contribution >= 0.6 is 0 Å². The van der Waals surface area contributed by atoms with Gasteiger partial charge in [0.2, 0.25) is 5.95 Å². The molecule has 1 unspecified atom stereocenters. The third-order valence-electron chi connectivity index (χ3n) is 2.97. The maximum atomic E-state index is 12.1. The molecule has 5 nitrogen and oxygen atoms in total. The Morgan fingerprint density at radius 1 is 1.38 bits per heavy atom. The monoisotopic (exact) mass is 216 g/mol. The molecule has 0 aliphatic carbocycles. The fourth-order valence-electron chi connectivity index (χ4n) is 1.92. The highest BCUT2D eigenvalue weighted by Gasteiger charge is 2.28. The van der Waals surface area contributed by atoms with Crippen LogP contribution in [0.3, 0.4) is 0 Å². The molecule has 0 saturated heterocycles. The number of imidazole rings is 1. The van der Waals surface area contributed by atoms with E-state index in [1.807, 2.05) is 31.2 Å². The van der Waals surface area contributed by atoms with E-state index in [1.54, 1.807) is 16.5 Å². The summed E-state index contributed by atoms with van der Waals surface area (Å²) in [6.45, 7) is 1.93. The Morgan fingerprint density at radius 2 is 2.12 bits per heavy atom. The van der Waals surface area contributed by atoms with Gasteiger partial charge in [0, 0.05) is 7.05 Å². The Hall–Kier alpha value is -2.04. The van der Waals surface area contributed by atoms with Crippen molar-refractivity contribution < 1.29 is 4.79 Å². The van der Waals surface area contributed by atoms with Crippen LogP contribution in [0.15, 0.2) is 24.3 Å². The van der Waals surface area contributed by atoms with Gasteiger partial charge in [-0.2, -0.15) is 0 Å². The van der Waals surface area contributed by atoms with Gasteiger partial charge in [-0.15, -0.1) is 0 Å². The fourth-order valence-corrected chi connectivity index (χ4v) is 1.92. The molecule has 82 valence electrons. The van der Waals surface area contributed by atoms with Crippen molar-refractivity contribution in [1.29, 1.82) is 0 Å². The van der Waals surface area contributed by atoms with Crippen molar-refractivity contribution in [2.24, 2.45) is 0 Å². The summed E-state index contributed by atoms with van der Waals surface area (Å²) >= 11 is 0. The first-order valence-electron chi connectivity index (χ1n) is 5.19. The van der Waals surface area contributed by atoms with E-state index in [4.69, 9.17) is 0 Å². The quantitative estimate of drug-likeness (QED) is 0.729. The first-order valence-corrected chi connectivity index (χ1v) is 5.19. The lowest BCUT2D eigenvalue weighted by molar-refractivity contribution is 0.197. The Morgan fingerprint density at radius 3 is 2.94 bits per heavy atom. The van der Waals surface area contributed by atoms with Gasteiger partial charge in [-0.25, -0.2) is 14.3 Å². The summed E-state index contributed by atoms with van der Waals surface area (Å²) in [4.78, 5) is 18.2. The Bertz CT molecular complexity index is 574. The Balaban J connectivity index is 2.30. The molecular weight excluding hydrogens is 204 g/mol. The fraction of sp³-hybridized carbons (Fsp3) is 0.273. The third kappa shape index (κ3) is 1.05. The molecule has 16 heavy (non-hydrogen) atoms. The first kappa shape index (κ1) is 9.21. The topological polar surface area (TPSA) is 50.2 Å². The van der Waals surface area contributed by atoms with E-state index < -0.39 is 0 Å². The number of nitrogens with one attached hydrogen (secondary N) is 1. The van der Waals surface area contributed by atoms with Crippen LogP contribution in [0, 0.1) is 0 Å². The molecule has 2 aromatic rings. The summed E-state index contributed by atoms with van der Waals surface area (Å²) in [6, 6.07) is 7.58. The van der Waals surface area contributed by atoms with Gasteiger partial charge >= 0.3 is 6.03 Å². The summed E-state index contributed by atoms with van der Waals surface area (Å²) in [5.74, 6) is 0.622. The number of benzene rings is 1. The zero-order valence-corrected chi connectivity index (χ0v) is 9.14. The lowest BCUT2D eigenvalue weighted by Crippen LogP contribution is -2.47. The Kier molecular flexibility index (Phi) is 1.71. The van der Waals surface area contributed by atoms with Crippen LogP contribution in [-0.2, 0) is 0 Å². The molecule has 0 saturated carbocycles. The number of anilines is 1. The van der Waals surface area contributed by atoms with Gasteiger partial charge in [-0.05, 0) is 19.1 Å². The summed E-state index contributed by atoms with van der Waals surface area (Å²) < 4.78 is 1.61. The molecule has 1 aliphatic heterocycles. The minimum absolute atomic E-state index is 0.0307.